The van der Waals surface area contributed by atoms with Gasteiger partial charge in [-0.3, -0.25) is 19.2 Å². The van der Waals surface area contributed by atoms with Gasteiger partial charge in [0, 0.05) is 31.2 Å². The number of aromatic nitrogens is 2. The summed E-state index contributed by atoms with van der Waals surface area (Å²) in [4.78, 5) is 68.7. The van der Waals surface area contributed by atoms with Gasteiger partial charge in [-0.25, -0.2) is 9.78 Å². The Balaban J connectivity index is 2.25. The van der Waals surface area contributed by atoms with Crippen LogP contribution < -0.4 is 21.7 Å². The van der Waals surface area contributed by atoms with E-state index in [9.17, 15) is 34.2 Å². The number of phenolic OH excluding ortho intramolecular Hbond substituents is 1. The van der Waals surface area contributed by atoms with Crippen LogP contribution in [0, 0.1) is 0 Å². The van der Waals surface area contributed by atoms with Gasteiger partial charge in [-0.15, -0.1) is 0 Å². The van der Waals surface area contributed by atoms with Crippen LogP contribution in [0.3, 0.4) is 0 Å². The number of benzene rings is 1. The van der Waals surface area contributed by atoms with E-state index in [-0.39, 0.29) is 25.0 Å². The van der Waals surface area contributed by atoms with Crippen LogP contribution in [0.25, 0.3) is 0 Å². The molecule has 3 amide bonds. The molecule has 15 heteroatoms. The van der Waals surface area contributed by atoms with Crippen molar-refractivity contribution >= 4 is 41.4 Å². The van der Waals surface area contributed by atoms with E-state index in [1.807, 2.05) is 6.26 Å². The Hall–Kier alpha value is -4.11. The molecule has 0 fully saturated rings. The van der Waals surface area contributed by atoms with Gasteiger partial charge in [0.25, 0.3) is 0 Å². The number of rotatable bonds is 17. The molecule has 1 aromatic carbocycles. The van der Waals surface area contributed by atoms with E-state index < -0.39 is 60.2 Å². The zero-order valence-corrected chi connectivity index (χ0v) is 22.6. The number of hydrogen-bond donors (Lipinski definition) is 8. The van der Waals surface area contributed by atoms with Crippen LogP contribution in [-0.4, -0.2) is 91.1 Å². The van der Waals surface area contributed by atoms with E-state index in [1.54, 1.807) is 0 Å². The average molecular weight is 579 g/mol. The van der Waals surface area contributed by atoms with Gasteiger partial charge in [0.05, 0.1) is 12.4 Å². The highest BCUT2D eigenvalue weighted by molar-refractivity contribution is 7.98. The molecule has 0 saturated heterocycles. The first-order valence-electron chi connectivity index (χ1n) is 12.4. The second-order valence-electron chi connectivity index (χ2n) is 8.99. The van der Waals surface area contributed by atoms with Crippen molar-refractivity contribution in [2.24, 2.45) is 5.73 Å². The zero-order valence-electron chi connectivity index (χ0n) is 21.8. The Bertz CT molecular complexity index is 1140. The Morgan fingerprint density at radius 3 is 2.12 bits per heavy atom. The number of aromatic hydroxyl groups is 1. The number of phenols is 1. The predicted octanol–water partition coefficient (Wildman–Crippen LogP) is -0.615. The van der Waals surface area contributed by atoms with E-state index in [1.165, 1.54) is 48.6 Å². The molecule has 4 unspecified atom stereocenters. The number of nitrogens with zero attached hydrogens (tertiary/aromatic N) is 1. The molecule has 0 bridgehead atoms. The Kier molecular flexibility index (Phi) is 12.9. The van der Waals surface area contributed by atoms with Crippen molar-refractivity contribution in [3.05, 3.63) is 48.0 Å². The second-order valence-corrected chi connectivity index (χ2v) is 9.98. The fourth-order valence-electron chi connectivity index (χ4n) is 3.63. The maximum atomic E-state index is 13.3. The first-order chi connectivity index (χ1) is 19.0. The maximum Gasteiger partial charge on any atom is 0.326 e. The second kappa shape index (κ2) is 16.1. The molecule has 40 heavy (non-hydrogen) atoms. The van der Waals surface area contributed by atoms with Crippen LogP contribution in [0.4, 0.5) is 0 Å². The van der Waals surface area contributed by atoms with Crippen molar-refractivity contribution in [1.82, 2.24) is 25.9 Å². The van der Waals surface area contributed by atoms with Crippen LogP contribution in [-0.2, 0) is 36.8 Å². The molecular weight excluding hydrogens is 544 g/mol. The molecule has 2 rings (SSSR count). The van der Waals surface area contributed by atoms with Crippen molar-refractivity contribution in [1.29, 1.82) is 0 Å². The summed E-state index contributed by atoms with van der Waals surface area (Å²) in [5, 5.41) is 35.8. The van der Waals surface area contributed by atoms with Crippen LogP contribution in [0.5, 0.6) is 5.75 Å². The summed E-state index contributed by atoms with van der Waals surface area (Å²) in [5.41, 5.74) is 6.88. The van der Waals surface area contributed by atoms with Crippen LogP contribution >= 0.6 is 11.8 Å². The number of carbonyl (C=O) groups excluding carboxylic acids is 3. The van der Waals surface area contributed by atoms with E-state index in [0.717, 1.165) is 0 Å². The largest absolute Gasteiger partial charge is 0.508 e. The molecule has 0 aliphatic rings. The van der Waals surface area contributed by atoms with E-state index >= 15 is 0 Å². The molecule has 0 aliphatic carbocycles. The van der Waals surface area contributed by atoms with Crippen molar-refractivity contribution in [2.75, 3.05) is 12.0 Å². The monoisotopic (exact) mass is 578 g/mol. The van der Waals surface area contributed by atoms with Crippen LogP contribution in [0.1, 0.15) is 30.5 Å². The molecule has 1 heterocycles. The van der Waals surface area contributed by atoms with E-state index in [0.29, 0.717) is 23.4 Å². The number of carbonyl (C=O) groups is 5. The van der Waals surface area contributed by atoms with Crippen LogP contribution in [0.15, 0.2) is 36.8 Å². The number of H-pyrrole nitrogens is 1. The summed E-state index contributed by atoms with van der Waals surface area (Å²) in [5.74, 6) is -4.25. The summed E-state index contributed by atoms with van der Waals surface area (Å²) in [6, 6.07) is 0.901. The summed E-state index contributed by atoms with van der Waals surface area (Å²) >= 11 is 1.48. The third-order valence-corrected chi connectivity index (χ3v) is 6.50. The van der Waals surface area contributed by atoms with Gasteiger partial charge in [-0.1, -0.05) is 12.1 Å². The average Bonchev–Trinajstić information content (AvgIpc) is 3.42. The first kappa shape index (κ1) is 32.1. The van der Waals surface area contributed by atoms with Crippen molar-refractivity contribution in [3.63, 3.8) is 0 Å². The Labute approximate surface area is 234 Å². The molecular formula is C25H34N6O8S. The number of aliphatic carboxylic acids is 2. The molecule has 2 aromatic rings. The third kappa shape index (κ3) is 10.9. The highest BCUT2D eigenvalue weighted by atomic mass is 32.2. The lowest BCUT2D eigenvalue weighted by Gasteiger charge is -2.25. The highest BCUT2D eigenvalue weighted by Gasteiger charge is 2.31. The summed E-state index contributed by atoms with van der Waals surface area (Å²) in [6.45, 7) is 0. The predicted molar refractivity (Wildman–Crippen MR) is 145 cm³/mol. The van der Waals surface area contributed by atoms with Crippen molar-refractivity contribution in [2.45, 2.75) is 56.3 Å². The standard InChI is InChI=1S/C25H34N6O8S/c1-40-9-8-17(26)22(35)29-18(6-7-21(33)34)23(36)30-19(10-14-2-4-16(32)5-3-14)24(37)31-20(25(38)39)11-15-12-27-13-28-15/h2-5,12-13,17-20,32H,6-11,26H2,1H3,(H,27,28)(H,29,35)(H,30,36)(H,31,37)(H,33,34)(H,38,39). The molecule has 14 nitrogen and oxygen atoms in total. The highest BCUT2D eigenvalue weighted by Crippen LogP contribution is 2.12. The van der Waals surface area contributed by atoms with Gasteiger partial charge in [-0.2, -0.15) is 11.8 Å². The minimum atomic E-state index is -1.36. The third-order valence-electron chi connectivity index (χ3n) is 5.85. The van der Waals surface area contributed by atoms with Gasteiger partial charge < -0.3 is 42.0 Å². The maximum absolute atomic E-state index is 13.3. The van der Waals surface area contributed by atoms with Gasteiger partial charge in [0.2, 0.25) is 17.7 Å². The lowest BCUT2D eigenvalue weighted by Crippen LogP contribution is -2.58. The van der Waals surface area contributed by atoms with Crippen molar-refractivity contribution < 1.29 is 39.3 Å². The Morgan fingerprint density at radius 1 is 0.925 bits per heavy atom. The van der Waals surface area contributed by atoms with Gasteiger partial charge in [0.15, 0.2) is 0 Å². The fraction of sp³-hybridized carbons (Fsp3) is 0.440. The number of nitrogens with two attached hydrogens (primary N) is 1. The molecule has 0 spiro atoms. The molecule has 9 N–H and O–H groups in total. The zero-order chi connectivity index (χ0) is 29.7. The first-order valence-corrected chi connectivity index (χ1v) is 13.7. The Morgan fingerprint density at radius 2 is 1.55 bits per heavy atom. The van der Waals surface area contributed by atoms with Crippen LogP contribution in [0.2, 0.25) is 0 Å². The number of nitrogens with one attached hydrogen (secondary N) is 4. The summed E-state index contributed by atoms with van der Waals surface area (Å²) < 4.78 is 0. The SMILES string of the molecule is CSCCC(N)C(=O)NC(CCC(=O)O)C(=O)NC(Cc1ccc(O)cc1)C(=O)NC(Cc1cnc[nH]1)C(=O)O. The number of carboxylic acids is 2. The topological polar surface area (TPSA) is 237 Å². The van der Waals surface area contributed by atoms with Gasteiger partial charge >= 0.3 is 11.9 Å². The lowest BCUT2D eigenvalue weighted by molar-refractivity contribution is -0.142. The minimum Gasteiger partial charge on any atom is -0.508 e. The fourth-order valence-corrected chi connectivity index (χ4v) is 4.12. The number of aromatic amines is 1. The number of thioether (sulfide) groups is 1. The van der Waals surface area contributed by atoms with E-state index in [4.69, 9.17) is 10.8 Å². The van der Waals surface area contributed by atoms with Gasteiger partial charge in [-0.05, 0) is 42.5 Å². The minimum absolute atomic E-state index is 0.0199. The summed E-state index contributed by atoms with van der Waals surface area (Å²) in [7, 11) is 0. The lowest BCUT2D eigenvalue weighted by atomic mass is 10.0. The smallest absolute Gasteiger partial charge is 0.326 e. The molecule has 218 valence electrons. The van der Waals surface area contributed by atoms with Crippen molar-refractivity contribution in [3.8, 4) is 5.75 Å². The molecule has 1 aromatic heterocycles. The molecule has 0 saturated carbocycles. The normalized spacial score (nSPS) is 13.8. The number of amides is 3. The molecule has 4 atom stereocenters. The molecule has 0 aliphatic heterocycles. The van der Waals surface area contributed by atoms with Gasteiger partial charge in [0.1, 0.15) is 23.9 Å². The number of hydrogen-bond acceptors (Lipinski definition) is 9. The summed E-state index contributed by atoms with van der Waals surface area (Å²) in [6.07, 6.45) is 4.04. The quantitative estimate of drug-likeness (QED) is 0.118. The molecule has 0 radical (unpaired) electrons. The number of imidazole rings is 1. The van der Waals surface area contributed by atoms with E-state index in [2.05, 4.69) is 25.9 Å². The number of carboxylic acid groups (broad SMARTS) is 2.